The van der Waals surface area contributed by atoms with E-state index in [1.165, 1.54) is 0 Å². The SMILES string of the molecule is CC(C)(C)OC(=O)Nc1ccc(-n2c(=O)c3ccccc3n(CC(Cc3ccc(C#N)cc3)Cn3ccnc3)c2=O)cc1. The first-order chi connectivity index (χ1) is 20.6. The van der Waals surface area contributed by atoms with Crippen LogP contribution in [0.4, 0.5) is 10.5 Å². The molecule has 3 aromatic carbocycles. The van der Waals surface area contributed by atoms with Gasteiger partial charge in [0.05, 0.1) is 34.6 Å². The van der Waals surface area contributed by atoms with E-state index in [0.29, 0.717) is 47.4 Å². The van der Waals surface area contributed by atoms with Gasteiger partial charge in [0.25, 0.3) is 5.56 Å². The van der Waals surface area contributed by atoms with Crippen LogP contribution in [0.2, 0.25) is 0 Å². The second kappa shape index (κ2) is 12.2. The maximum Gasteiger partial charge on any atom is 0.412 e. The van der Waals surface area contributed by atoms with E-state index in [1.807, 2.05) is 29.0 Å². The average molecular weight is 577 g/mol. The van der Waals surface area contributed by atoms with Crippen LogP contribution in [-0.4, -0.2) is 30.4 Å². The van der Waals surface area contributed by atoms with Gasteiger partial charge in [-0.25, -0.2) is 19.1 Å². The number of rotatable bonds is 8. The third kappa shape index (κ3) is 6.90. The molecule has 2 heterocycles. The van der Waals surface area contributed by atoms with E-state index in [1.54, 1.807) is 92.5 Å². The Morgan fingerprint density at radius 2 is 1.72 bits per heavy atom. The van der Waals surface area contributed by atoms with Gasteiger partial charge in [0, 0.05) is 31.2 Å². The van der Waals surface area contributed by atoms with E-state index >= 15 is 0 Å². The molecule has 218 valence electrons. The van der Waals surface area contributed by atoms with Crippen LogP contribution in [-0.2, 0) is 24.2 Å². The number of hydrogen-bond donors (Lipinski definition) is 1. The molecule has 0 aliphatic carbocycles. The third-order valence-corrected chi connectivity index (χ3v) is 6.90. The van der Waals surface area contributed by atoms with Crippen LogP contribution in [0, 0.1) is 17.2 Å². The number of ether oxygens (including phenoxy) is 1. The van der Waals surface area contributed by atoms with E-state index in [0.717, 1.165) is 10.1 Å². The van der Waals surface area contributed by atoms with Crippen molar-refractivity contribution < 1.29 is 9.53 Å². The Balaban J connectivity index is 1.52. The summed E-state index contributed by atoms with van der Waals surface area (Å²) in [7, 11) is 0. The van der Waals surface area contributed by atoms with Gasteiger partial charge >= 0.3 is 11.8 Å². The lowest BCUT2D eigenvalue weighted by Gasteiger charge is -2.22. The molecule has 5 aromatic rings. The fraction of sp³-hybridized carbons (Fsp3) is 0.242. The van der Waals surface area contributed by atoms with Crippen LogP contribution in [0.3, 0.4) is 0 Å². The molecule has 0 bridgehead atoms. The smallest absolute Gasteiger partial charge is 0.412 e. The van der Waals surface area contributed by atoms with Gasteiger partial charge in [-0.3, -0.25) is 14.7 Å². The second-order valence-corrected chi connectivity index (χ2v) is 11.4. The van der Waals surface area contributed by atoms with Crippen LogP contribution < -0.4 is 16.6 Å². The molecule has 43 heavy (non-hydrogen) atoms. The van der Waals surface area contributed by atoms with Gasteiger partial charge < -0.3 is 9.30 Å². The summed E-state index contributed by atoms with van der Waals surface area (Å²) in [4.78, 5) is 44.1. The molecule has 1 N–H and O–H groups in total. The molecule has 0 saturated carbocycles. The van der Waals surface area contributed by atoms with Gasteiger partial charge in [-0.15, -0.1) is 0 Å². The lowest BCUT2D eigenvalue weighted by atomic mass is 9.98. The van der Waals surface area contributed by atoms with Crippen molar-refractivity contribution in [1.82, 2.24) is 18.7 Å². The number of carbonyl (C=O) groups is 1. The third-order valence-electron chi connectivity index (χ3n) is 6.90. The number of fused-ring (bicyclic) bond motifs is 1. The molecule has 0 saturated heterocycles. The van der Waals surface area contributed by atoms with Crippen molar-refractivity contribution in [3.8, 4) is 11.8 Å². The minimum Gasteiger partial charge on any atom is -0.444 e. The number of nitrogens with one attached hydrogen (secondary N) is 1. The highest BCUT2D eigenvalue weighted by Crippen LogP contribution is 2.19. The summed E-state index contributed by atoms with van der Waals surface area (Å²) in [6.07, 6.45) is 5.36. The zero-order valence-electron chi connectivity index (χ0n) is 24.2. The molecule has 1 unspecified atom stereocenters. The van der Waals surface area contributed by atoms with Gasteiger partial charge in [-0.05, 0) is 87.2 Å². The first kappa shape index (κ1) is 29.1. The second-order valence-electron chi connectivity index (χ2n) is 11.4. The van der Waals surface area contributed by atoms with Crippen molar-refractivity contribution in [2.24, 2.45) is 5.92 Å². The molecule has 0 aliphatic heterocycles. The number of benzene rings is 3. The molecule has 0 spiro atoms. The molecule has 0 fully saturated rings. The molecule has 0 aliphatic rings. The van der Waals surface area contributed by atoms with Crippen LogP contribution in [0.15, 0.2) is 101 Å². The molecular weight excluding hydrogens is 544 g/mol. The molecule has 10 nitrogen and oxygen atoms in total. The van der Waals surface area contributed by atoms with Crippen LogP contribution >= 0.6 is 0 Å². The first-order valence-corrected chi connectivity index (χ1v) is 13.9. The number of nitriles is 1. The number of para-hydroxylation sites is 1. The van der Waals surface area contributed by atoms with Crippen molar-refractivity contribution in [2.75, 3.05) is 5.32 Å². The Kier molecular flexibility index (Phi) is 8.25. The van der Waals surface area contributed by atoms with Gasteiger partial charge in [-0.2, -0.15) is 5.26 Å². The number of carbonyl (C=O) groups excluding carboxylic acids is 1. The summed E-state index contributed by atoms with van der Waals surface area (Å²) in [5.74, 6) is -0.0467. The molecular formula is C33H32N6O4. The number of hydrogen-bond acceptors (Lipinski definition) is 6. The first-order valence-electron chi connectivity index (χ1n) is 13.9. The van der Waals surface area contributed by atoms with E-state index in [4.69, 9.17) is 4.74 Å². The monoisotopic (exact) mass is 576 g/mol. The summed E-state index contributed by atoms with van der Waals surface area (Å²) < 4.78 is 10.1. The Morgan fingerprint density at radius 1 is 1.00 bits per heavy atom. The maximum absolute atomic E-state index is 14.1. The Labute approximate surface area is 248 Å². The highest BCUT2D eigenvalue weighted by Gasteiger charge is 2.20. The highest BCUT2D eigenvalue weighted by atomic mass is 16.6. The summed E-state index contributed by atoms with van der Waals surface area (Å²) in [6.45, 7) is 6.24. The van der Waals surface area contributed by atoms with Crippen molar-refractivity contribution in [2.45, 2.75) is 45.9 Å². The lowest BCUT2D eigenvalue weighted by molar-refractivity contribution is 0.0636. The van der Waals surface area contributed by atoms with Gasteiger partial charge in [0.2, 0.25) is 0 Å². The van der Waals surface area contributed by atoms with Crippen LogP contribution in [0.25, 0.3) is 16.6 Å². The lowest BCUT2D eigenvalue weighted by Crippen LogP contribution is -2.40. The Bertz CT molecular complexity index is 1890. The topological polar surface area (TPSA) is 124 Å². The summed E-state index contributed by atoms with van der Waals surface area (Å²) >= 11 is 0. The minimum atomic E-state index is -0.649. The largest absolute Gasteiger partial charge is 0.444 e. The van der Waals surface area contributed by atoms with Crippen LogP contribution in [0.5, 0.6) is 0 Å². The van der Waals surface area contributed by atoms with E-state index < -0.39 is 22.9 Å². The fourth-order valence-corrected chi connectivity index (χ4v) is 5.03. The molecule has 1 amide bonds. The average Bonchev–Trinajstić information content (AvgIpc) is 3.48. The predicted molar refractivity (Wildman–Crippen MR) is 164 cm³/mol. The standard InChI is InChI=1S/C33H32N6O4/c1-33(2,3)43-31(41)36-26-12-14-27(15-13-26)39-30(40)28-6-4-5-7-29(28)38(32(39)42)21-25(20-37-17-16-35-22-37)18-23-8-10-24(19-34)11-9-23/h4-17,22,25H,18,20-21H2,1-3H3,(H,36,41). The Hall–Kier alpha value is -5.43. The number of imidazole rings is 1. The normalized spacial score (nSPS) is 12.0. The molecule has 5 rings (SSSR count). The van der Waals surface area contributed by atoms with Crippen LogP contribution in [0.1, 0.15) is 31.9 Å². The predicted octanol–water partition coefficient (Wildman–Crippen LogP) is 5.13. The molecule has 0 radical (unpaired) electrons. The summed E-state index contributed by atoms with van der Waals surface area (Å²) in [5, 5.41) is 12.3. The summed E-state index contributed by atoms with van der Waals surface area (Å²) in [6, 6.07) is 23.1. The number of aromatic nitrogens is 4. The highest BCUT2D eigenvalue weighted by molar-refractivity contribution is 5.85. The van der Waals surface area contributed by atoms with Crippen molar-refractivity contribution in [3.05, 3.63) is 123 Å². The number of amides is 1. The van der Waals surface area contributed by atoms with Gasteiger partial charge in [0.15, 0.2) is 0 Å². The quantitative estimate of drug-likeness (QED) is 0.273. The maximum atomic E-state index is 14.1. The zero-order valence-corrected chi connectivity index (χ0v) is 24.2. The van der Waals surface area contributed by atoms with Crippen molar-refractivity contribution in [1.29, 1.82) is 5.26 Å². The minimum absolute atomic E-state index is 0.0467. The van der Waals surface area contributed by atoms with E-state index in [-0.39, 0.29) is 5.92 Å². The molecule has 10 heteroatoms. The molecule has 2 aromatic heterocycles. The number of anilines is 1. The van der Waals surface area contributed by atoms with Crippen molar-refractivity contribution >= 4 is 22.7 Å². The van der Waals surface area contributed by atoms with E-state index in [2.05, 4.69) is 16.4 Å². The molecule has 1 atom stereocenters. The number of nitrogens with zero attached hydrogens (tertiary/aromatic N) is 5. The van der Waals surface area contributed by atoms with Gasteiger partial charge in [0.1, 0.15) is 5.60 Å². The fourth-order valence-electron chi connectivity index (χ4n) is 5.03. The zero-order chi connectivity index (χ0) is 30.6. The summed E-state index contributed by atoms with van der Waals surface area (Å²) in [5.41, 5.74) is 1.46. The van der Waals surface area contributed by atoms with Gasteiger partial charge in [-0.1, -0.05) is 24.3 Å². The van der Waals surface area contributed by atoms with Crippen molar-refractivity contribution in [3.63, 3.8) is 0 Å². The van der Waals surface area contributed by atoms with E-state index in [9.17, 15) is 19.6 Å². The Morgan fingerprint density at radius 3 is 2.37 bits per heavy atom.